The molecule has 0 amide bonds. The number of nitrogens with two attached hydrogens (primary N) is 1. The van der Waals surface area contributed by atoms with Crippen molar-refractivity contribution in [2.24, 2.45) is 0 Å². The Hall–Kier alpha value is -1.36. The van der Waals surface area contributed by atoms with E-state index in [1.54, 1.807) is 0 Å². The summed E-state index contributed by atoms with van der Waals surface area (Å²) in [5, 5.41) is 3.35. The molecule has 1 fully saturated rings. The van der Waals surface area contributed by atoms with Gasteiger partial charge in [-0.3, -0.25) is 0 Å². The van der Waals surface area contributed by atoms with E-state index in [2.05, 4.69) is 27.2 Å². The van der Waals surface area contributed by atoms with Gasteiger partial charge in [0.2, 0.25) is 0 Å². The van der Waals surface area contributed by atoms with Crippen LogP contribution in [0.15, 0.2) is 6.33 Å². The maximum absolute atomic E-state index is 5.73. The highest BCUT2D eigenvalue weighted by molar-refractivity contribution is 5.53. The number of nitrogens with zero attached hydrogens (tertiary/aromatic N) is 3. The Labute approximate surface area is 96.1 Å². The average molecular weight is 221 g/mol. The minimum Gasteiger partial charge on any atom is -0.383 e. The highest BCUT2D eigenvalue weighted by atomic mass is 15.2. The van der Waals surface area contributed by atoms with Gasteiger partial charge in [0.15, 0.2) is 0 Å². The highest BCUT2D eigenvalue weighted by Gasteiger charge is 2.20. The monoisotopic (exact) mass is 221 g/mol. The van der Waals surface area contributed by atoms with Gasteiger partial charge in [0.25, 0.3) is 0 Å². The molecule has 16 heavy (non-hydrogen) atoms. The number of likely N-dealkylation sites (N-methyl/N-ethyl adjacent to an activating group) is 1. The maximum atomic E-state index is 5.73. The minimum absolute atomic E-state index is 0.553. The molecule has 1 unspecified atom stereocenters. The molecule has 5 nitrogen and oxygen atoms in total. The number of aromatic nitrogens is 2. The zero-order chi connectivity index (χ0) is 11.5. The van der Waals surface area contributed by atoms with E-state index in [9.17, 15) is 0 Å². The lowest BCUT2D eigenvalue weighted by Crippen LogP contribution is -2.31. The molecule has 5 heteroatoms. The number of nitrogen functional groups attached to an aromatic ring is 1. The van der Waals surface area contributed by atoms with Gasteiger partial charge in [-0.05, 0) is 33.4 Å². The van der Waals surface area contributed by atoms with Crippen molar-refractivity contribution in [2.45, 2.75) is 25.8 Å². The van der Waals surface area contributed by atoms with E-state index in [1.165, 1.54) is 25.7 Å². The van der Waals surface area contributed by atoms with Gasteiger partial charge in [-0.15, -0.1) is 0 Å². The van der Waals surface area contributed by atoms with Crippen LogP contribution in [-0.4, -0.2) is 41.0 Å². The summed E-state index contributed by atoms with van der Waals surface area (Å²) in [5.41, 5.74) is 6.66. The molecule has 0 spiro atoms. The molecule has 0 saturated carbocycles. The molecule has 0 aliphatic carbocycles. The molecule has 88 valence electrons. The number of anilines is 2. The van der Waals surface area contributed by atoms with E-state index in [-0.39, 0.29) is 0 Å². The first-order valence-corrected chi connectivity index (χ1v) is 5.69. The van der Waals surface area contributed by atoms with Crippen LogP contribution in [0, 0.1) is 6.92 Å². The van der Waals surface area contributed by atoms with Gasteiger partial charge in [0, 0.05) is 18.2 Å². The van der Waals surface area contributed by atoms with Crippen LogP contribution < -0.4 is 11.1 Å². The van der Waals surface area contributed by atoms with Gasteiger partial charge in [-0.1, -0.05) is 0 Å². The van der Waals surface area contributed by atoms with Crippen LogP contribution in [0.1, 0.15) is 18.4 Å². The van der Waals surface area contributed by atoms with E-state index in [4.69, 9.17) is 5.73 Å². The summed E-state index contributed by atoms with van der Waals surface area (Å²) < 4.78 is 0. The number of hydrogen-bond donors (Lipinski definition) is 2. The first-order chi connectivity index (χ1) is 7.68. The summed E-state index contributed by atoms with van der Waals surface area (Å²) in [7, 11) is 2.17. The number of hydrogen-bond acceptors (Lipinski definition) is 5. The fourth-order valence-corrected chi connectivity index (χ4v) is 2.09. The van der Waals surface area contributed by atoms with Gasteiger partial charge in [-0.25, -0.2) is 9.97 Å². The van der Waals surface area contributed by atoms with Crippen molar-refractivity contribution in [3.05, 3.63) is 11.9 Å². The van der Waals surface area contributed by atoms with E-state index >= 15 is 0 Å². The zero-order valence-electron chi connectivity index (χ0n) is 9.90. The minimum atomic E-state index is 0.553. The summed E-state index contributed by atoms with van der Waals surface area (Å²) in [4.78, 5) is 10.5. The quantitative estimate of drug-likeness (QED) is 0.793. The standard InChI is InChI=1S/C11H19N5/c1-8-10(12)14-7-15-11(8)13-6-9-4-3-5-16(9)2/h7,9H,3-6H2,1-2H3,(H3,12,13,14,15). The topological polar surface area (TPSA) is 67.1 Å². The van der Waals surface area contributed by atoms with Gasteiger partial charge in [0.1, 0.15) is 18.0 Å². The Balaban J connectivity index is 1.96. The van der Waals surface area contributed by atoms with Crippen LogP contribution in [0.25, 0.3) is 0 Å². The highest BCUT2D eigenvalue weighted by Crippen LogP contribution is 2.18. The molecule has 1 atom stereocenters. The summed E-state index contributed by atoms with van der Waals surface area (Å²) in [6.45, 7) is 4.06. The largest absolute Gasteiger partial charge is 0.383 e. The van der Waals surface area contributed by atoms with Crippen molar-refractivity contribution in [3.63, 3.8) is 0 Å². The van der Waals surface area contributed by atoms with E-state index in [1.807, 2.05) is 6.92 Å². The van der Waals surface area contributed by atoms with Crippen LogP contribution >= 0.6 is 0 Å². The second-order valence-electron chi connectivity index (χ2n) is 4.39. The molecule has 0 radical (unpaired) electrons. The predicted molar refractivity (Wildman–Crippen MR) is 65.3 cm³/mol. The SMILES string of the molecule is Cc1c(N)ncnc1NCC1CCCN1C. The molecule has 3 N–H and O–H groups in total. The Morgan fingerprint density at radius 2 is 2.38 bits per heavy atom. The van der Waals surface area contributed by atoms with Crippen LogP contribution in [0.4, 0.5) is 11.6 Å². The summed E-state index contributed by atoms with van der Waals surface area (Å²) in [6.07, 6.45) is 4.04. The summed E-state index contributed by atoms with van der Waals surface area (Å²) in [6, 6.07) is 0.607. The van der Waals surface area contributed by atoms with E-state index in [0.717, 1.165) is 17.9 Å². The molecule has 1 aliphatic heterocycles. The van der Waals surface area contributed by atoms with Gasteiger partial charge >= 0.3 is 0 Å². The van der Waals surface area contributed by atoms with Crippen molar-refractivity contribution in [2.75, 3.05) is 31.2 Å². The third kappa shape index (κ3) is 2.24. The third-order valence-electron chi connectivity index (χ3n) is 3.30. The second kappa shape index (κ2) is 4.65. The Morgan fingerprint density at radius 3 is 3.06 bits per heavy atom. The zero-order valence-corrected chi connectivity index (χ0v) is 9.90. The lowest BCUT2D eigenvalue weighted by molar-refractivity contribution is 0.322. The molecule has 2 heterocycles. The van der Waals surface area contributed by atoms with Gasteiger partial charge in [-0.2, -0.15) is 0 Å². The van der Waals surface area contributed by atoms with E-state index < -0.39 is 0 Å². The number of nitrogens with one attached hydrogen (secondary N) is 1. The molecular weight excluding hydrogens is 202 g/mol. The predicted octanol–water partition coefficient (Wildman–Crippen LogP) is 0.873. The third-order valence-corrected chi connectivity index (χ3v) is 3.30. The van der Waals surface area contributed by atoms with Crippen molar-refractivity contribution in [1.29, 1.82) is 0 Å². The Morgan fingerprint density at radius 1 is 1.56 bits per heavy atom. The lowest BCUT2D eigenvalue weighted by Gasteiger charge is -2.20. The van der Waals surface area contributed by atoms with Crippen molar-refractivity contribution >= 4 is 11.6 Å². The van der Waals surface area contributed by atoms with Crippen molar-refractivity contribution in [1.82, 2.24) is 14.9 Å². The molecule has 0 bridgehead atoms. The van der Waals surface area contributed by atoms with Crippen LogP contribution in [0.3, 0.4) is 0 Å². The smallest absolute Gasteiger partial charge is 0.134 e. The van der Waals surface area contributed by atoms with Gasteiger partial charge < -0.3 is 16.0 Å². The van der Waals surface area contributed by atoms with Crippen LogP contribution in [0.2, 0.25) is 0 Å². The first kappa shape index (κ1) is 11.1. The van der Waals surface area contributed by atoms with Crippen LogP contribution in [0.5, 0.6) is 0 Å². The van der Waals surface area contributed by atoms with Gasteiger partial charge in [0.05, 0.1) is 0 Å². The molecule has 1 aromatic heterocycles. The fourth-order valence-electron chi connectivity index (χ4n) is 2.09. The molecule has 0 aromatic carbocycles. The lowest BCUT2D eigenvalue weighted by atomic mass is 10.2. The first-order valence-electron chi connectivity index (χ1n) is 5.69. The number of rotatable bonds is 3. The Kier molecular flexibility index (Phi) is 3.24. The molecule has 1 aromatic rings. The molecule has 1 saturated heterocycles. The summed E-state index contributed by atoms with van der Waals surface area (Å²) in [5.74, 6) is 1.41. The average Bonchev–Trinajstić information content (AvgIpc) is 2.67. The molecule has 2 rings (SSSR count). The molecule has 1 aliphatic rings. The van der Waals surface area contributed by atoms with E-state index in [0.29, 0.717) is 11.9 Å². The number of likely N-dealkylation sites (tertiary alicyclic amines) is 1. The molecular formula is C11H19N5. The normalized spacial score (nSPS) is 21.2. The van der Waals surface area contributed by atoms with Crippen molar-refractivity contribution < 1.29 is 0 Å². The maximum Gasteiger partial charge on any atom is 0.134 e. The summed E-state index contributed by atoms with van der Waals surface area (Å²) >= 11 is 0. The second-order valence-corrected chi connectivity index (χ2v) is 4.39. The Bertz CT molecular complexity index is 365. The van der Waals surface area contributed by atoms with Crippen LogP contribution in [-0.2, 0) is 0 Å². The van der Waals surface area contributed by atoms with Crippen molar-refractivity contribution in [3.8, 4) is 0 Å². The fraction of sp³-hybridized carbons (Fsp3) is 0.636.